The van der Waals surface area contributed by atoms with Gasteiger partial charge in [-0.3, -0.25) is 9.59 Å². The first-order chi connectivity index (χ1) is 13.7. The predicted molar refractivity (Wildman–Crippen MR) is 113 cm³/mol. The van der Waals surface area contributed by atoms with E-state index in [2.05, 4.69) is 24.3 Å². The SMILES string of the molecule is O=C(C1CSCN1C(=O)C1CC1)N(CCc1ccccc1)Cc1ccccc1. The average Bonchev–Trinajstić information content (AvgIpc) is 3.48. The second-order valence-corrected chi connectivity index (χ2v) is 8.58. The highest BCUT2D eigenvalue weighted by Gasteiger charge is 2.42. The zero-order valence-electron chi connectivity index (χ0n) is 16.0. The first kappa shape index (κ1) is 19.1. The summed E-state index contributed by atoms with van der Waals surface area (Å²) in [6.07, 6.45) is 2.77. The first-order valence-electron chi connectivity index (χ1n) is 9.97. The van der Waals surface area contributed by atoms with Crippen molar-refractivity contribution in [1.29, 1.82) is 0 Å². The van der Waals surface area contributed by atoms with Crippen LogP contribution in [0.15, 0.2) is 60.7 Å². The maximum Gasteiger partial charge on any atom is 0.246 e. The van der Waals surface area contributed by atoms with E-state index in [0.29, 0.717) is 24.7 Å². The minimum atomic E-state index is -0.322. The van der Waals surface area contributed by atoms with E-state index in [0.717, 1.165) is 24.8 Å². The summed E-state index contributed by atoms with van der Waals surface area (Å²) in [5, 5.41) is 0. The van der Waals surface area contributed by atoms with Crippen LogP contribution in [-0.4, -0.2) is 45.8 Å². The Labute approximate surface area is 170 Å². The Hall–Kier alpha value is -2.27. The summed E-state index contributed by atoms with van der Waals surface area (Å²) in [7, 11) is 0. The van der Waals surface area contributed by atoms with Crippen LogP contribution in [0, 0.1) is 5.92 Å². The fraction of sp³-hybridized carbons (Fsp3) is 0.391. The van der Waals surface area contributed by atoms with E-state index in [4.69, 9.17) is 0 Å². The summed E-state index contributed by atoms with van der Waals surface area (Å²) in [5.41, 5.74) is 2.34. The molecule has 4 nitrogen and oxygen atoms in total. The van der Waals surface area contributed by atoms with Crippen molar-refractivity contribution in [3.63, 3.8) is 0 Å². The molecule has 5 heteroatoms. The maximum atomic E-state index is 13.4. The van der Waals surface area contributed by atoms with Gasteiger partial charge in [-0.1, -0.05) is 60.7 Å². The fourth-order valence-corrected chi connectivity index (χ4v) is 4.77. The van der Waals surface area contributed by atoms with Crippen molar-refractivity contribution in [3.05, 3.63) is 71.8 Å². The Morgan fingerprint density at radius 3 is 2.25 bits per heavy atom. The monoisotopic (exact) mass is 394 g/mol. The smallest absolute Gasteiger partial charge is 0.246 e. The number of thioether (sulfide) groups is 1. The molecule has 1 aliphatic heterocycles. The molecule has 28 heavy (non-hydrogen) atoms. The van der Waals surface area contributed by atoms with E-state index in [1.54, 1.807) is 11.8 Å². The molecule has 1 atom stereocenters. The minimum absolute atomic E-state index is 0.0822. The van der Waals surface area contributed by atoms with Crippen LogP contribution in [0.2, 0.25) is 0 Å². The van der Waals surface area contributed by atoms with Gasteiger partial charge in [0.1, 0.15) is 6.04 Å². The van der Waals surface area contributed by atoms with Gasteiger partial charge in [0.15, 0.2) is 0 Å². The second-order valence-electron chi connectivity index (χ2n) is 7.58. The lowest BCUT2D eigenvalue weighted by Crippen LogP contribution is -2.49. The summed E-state index contributed by atoms with van der Waals surface area (Å²) >= 11 is 1.69. The van der Waals surface area contributed by atoms with Gasteiger partial charge in [-0.2, -0.15) is 0 Å². The van der Waals surface area contributed by atoms with E-state index in [1.807, 2.05) is 46.2 Å². The van der Waals surface area contributed by atoms with Crippen molar-refractivity contribution in [2.45, 2.75) is 31.8 Å². The van der Waals surface area contributed by atoms with Gasteiger partial charge in [-0.25, -0.2) is 0 Å². The molecule has 0 radical (unpaired) electrons. The lowest BCUT2D eigenvalue weighted by atomic mass is 10.1. The molecule has 0 spiro atoms. The number of benzene rings is 2. The molecule has 1 saturated carbocycles. The predicted octanol–water partition coefficient (Wildman–Crippen LogP) is 3.57. The molecule has 1 heterocycles. The molecule has 146 valence electrons. The quantitative estimate of drug-likeness (QED) is 0.721. The van der Waals surface area contributed by atoms with E-state index in [1.165, 1.54) is 5.56 Å². The van der Waals surface area contributed by atoms with Gasteiger partial charge in [0.05, 0.1) is 5.88 Å². The standard InChI is InChI=1S/C23H26N2O2S/c26-22(20-11-12-20)25-17-28-16-21(25)23(27)24(15-19-9-5-2-6-10-19)14-13-18-7-3-1-4-8-18/h1-10,20-21H,11-17H2. The van der Waals surface area contributed by atoms with Crippen molar-refractivity contribution < 1.29 is 9.59 Å². The second kappa shape index (κ2) is 8.82. The van der Waals surface area contributed by atoms with E-state index >= 15 is 0 Å². The largest absolute Gasteiger partial charge is 0.336 e. The number of amides is 2. The van der Waals surface area contributed by atoms with Crippen LogP contribution in [0.1, 0.15) is 24.0 Å². The van der Waals surface area contributed by atoms with Crippen molar-refractivity contribution in [3.8, 4) is 0 Å². The van der Waals surface area contributed by atoms with Gasteiger partial charge in [-0.15, -0.1) is 11.8 Å². The Bertz CT molecular complexity index is 808. The summed E-state index contributed by atoms with van der Waals surface area (Å²) in [5.74, 6) is 1.75. The molecule has 1 unspecified atom stereocenters. The Kier molecular flexibility index (Phi) is 6.01. The number of hydrogen-bond donors (Lipinski definition) is 0. The molecule has 0 N–H and O–H groups in total. The third-order valence-electron chi connectivity index (χ3n) is 5.42. The zero-order valence-corrected chi connectivity index (χ0v) is 16.8. The van der Waals surface area contributed by atoms with Crippen LogP contribution in [0.3, 0.4) is 0 Å². The van der Waals surface area contributed by atoms with Gasteiger partial charge in [0.25, 0.3) is 0 Å². The van der Waals surface area contributed by atoms with Crippen molar-refractivity contribution in [1.82, 2.24) is 9.80 Å². The number of carbonyl (C=O) groups excluding carboxylic acids is 2. The number of rotatable bonds is 7. The molecular weight excluding hydrogens is 368 g/mol. The molecule has 2 aromatic rings. The summed E-state index contributed by atoms with van der Waals surface area (Å²) in [6.45, 7) is 1.24. The Morgan fingerprint density at radius 1 is 0.964 bits per heavy atom. The number of carbonyl (C=O) groups is 2. The Balaban J connectivity index is 1.49. The highest BCUT2D eigenvalue weighted by atomic mass is 32.2. The van der Waals surface area contributed by atoms with E-state index < -0.39 is 0 Å². The van der Waals surface area contributed by atoms with Gasteiger partial charge in [0, 0.05) is 24.8 Å². The molecule has 0 aromatic heterocycles. The van der Waals surface area contributed by atoms with Crippen molar-refractivity contribution >= 4 is 23.6 Å². The van der Waals surface area contributed by atoms with Gasteiger partial charge >= 0.3 is 0 Å². The molecule has 0 bridgehead atoms. The molecule has 1 saturated heterocycles. The maximum absolute atomic E-state index is 13.4. The van der Waals surface area contributed by atoms with Crippen LogP contribution in [-0.2, 0) is 22.6 Å². The van der Waals surface area contributed by atoms with Crippen molar-refractivity contribution in [2.24, 2.45) is 5.92 Å². The molecular formula is C23H26N2O2S. The molecule has 1 aliphatic carbocycles. The third-order valence-corrected chi connectivity index (χ3v) is 6.43. The summed E-state index contributed by atoms with van der Waals surface area (Å²) in [6, 6.07) is 20.0. The minimum Gasteiger partial charge on any atom is -0.336 e. The van der Waals surface area contributed by atoms with Crippen LogP contribution in [0.4, 0.5) is 0 Å². The van der Waals surface area contributed by atoms with E-state index in [9.17, 15) is 9.59 Å². The van der Waals surface area contributed by atoms with Crippen LogP contribution in [0.5, 0.6) is 0 Å². The normalized spacial score (nSPS) is 18.9. The fourth-order valence-electron chi connectivity index (χ4n) is 3.62. The average molecular weight is 395 g/mol. The van der Waals surface area contributed by atoms with Crippen LogP contribution in [0.25, 0.3) is 0 Å². The van der Waals surface area contributed by atoms with Crippen LogP contribution >= 0.6 is 11.8 Å². The zero-order chi connectivity index (χ0) is 19.3. The lowest BCUT2D eigenvalue weighted by molar-refractivity contribution is -0.144. The number of nitrogens with zero attached hydrogens (tertiary/aromatic N) is 2. The molecule has 2 aliphatic rings. The van der Waals surface area contributed by atoms with Gasteiger partial charge < -0.3 is 9.80 Å². The highest BCUT2D eigenvalue weighted by molar-refractivity contribution is 7.99. The van der Waals surface area contributed by atoms with E-state index in [-0.39, 0.29) is 23.8 Å². The molecule has 4 rings (SSSR count). The van der Waals surface area contributed by atoms with Crippen molar-refractivity contribution in [2.75, 3.05) is 18.2 Å². The third kappa shape index (κ3) is 4.58. The molecule has 2 amide bonds. The summed E-state index contributed by atoms with van der Waals surface area (Å²) < 4.78 is 0. The highest BCUT2D eigenvalue weighted by Crippen LogP contribution is 2.35. The number of hydrogen-bond acceptors (Lipinski definition) is 3. The lowest BCUT2D eigenvalue weighted by Gasteiger charge is -2.30. The molecule has 2 fully saturated rings. The molecule has 2 aromatic carbocycles. The summed E-state index contributed by atoms with van der Waals surface area (Å²) in [4.78, 5) is 29.8. The first-order valence-corrected chi connectivity index (χ1v) is 11.1. The van der Waals surface area contributed by atoms with Gasteiger partial charge in [-0.05, 0) is 30.4 Å². The van der Waals surface area contributed by atoms with Crippen LogP contribution < -0.4 is 0 Å². The Morgan fingerprint density at radius 2 is 1.61 bits per heavy atom. The van der Waals surface area contributed by atoms with Gasteiger partial charge in [0.2, 0.25) is 11.8 Å². The topological polar surface area (TPSA) is 40.6 Å².